The van der Waals surface area contributed by atoms with Gasteiger partial charge < -0.3 is 29.3 Å². The Bertz CT molecular complexity index is 705. The van der Waals surface area contributed by atoms with Crippen LogP contribution in [0.1, 0.15) is 18.1 Å². The zero-order valence-electron chi connectivity index (χ0n) is 16.8. The molecule has 1 aromatic rings. The first-order chi connectivity index (χ1) is 13.5. The van der Waals surface area contributed by atoms with Crippen LogP contribution in [0.2, 0.25) is 0 Å². The van der Waals surface area contributed by atoms with Crippen LogP contribution in [0.5, 0.6) is 11.5 Å². The topological polar surface area (TPSA) is 80.3 Å². The van der Waals surface area contributed by atoms with E-state index in [1.54, 1.807) is 31.1 Å². The van der Waals surface area contributed by atoms with Gasteiger partial charge in [0.1, 0.15) is 6.10 Å². The van der Waals surface area contributed by atoms with Crippen molar-refractivity contribution >= 4 is 11.8 Å². The molecule has 2 aliphatic heterocycles. The zero-order valence-corrected chi connectivity index (χ0v) is 16.8. The Balaban J connectivity index is 1.63. The largest absolute Gasteiger partial charge is 0.493 e. The van der Waals surface area contributed by atoms with Crippen molar-refractivity contribution in [3.05, 3.63) is 23.8 Å². The molecule has 154 valence electrons. The van der Waals surface area contributed by atoms with Crippen LogP contribution < -0.4 is 14.8 Å². The van der Waals surface area contributed by atoms with Gasteiger partial charge in [-0.15, -0.1) is 0 Å². The highest BCUT2D eigenvalue weighted by molar-refractivity contribution is 6.34. The van der Waals surface area contributed by atoms with Crippen molar-refractivity contribution in [2.24, 2.45) is 5.92 Å². The molecule has 0 spiro atoms. The summed E-state index contributed by atoms with van der Waals surface area (Å²) in [6, 6.07) is 5.55. The summed E-state index contributed by atoms with van der Waals surface area (Å²) in [4.78, 5) is 28.4. The molecule has 28 heavy (non-hydrogen) atoms. The van der Waals surface area contributed by atoms with Crippen LogP contribution in [0.25, 0.3) is 0 Å². The minimum absolute atomic E-state index is 0.311. The summed E-state index contributed by atoms with van der Waals surface area (Å²) in [5.41, 5.74) is 0.882. The molecule has 8 nitrogen and oxygen atoms in total. The fourth-order valence-electron chi connectivity index (χ4n) is 3.73. The third-order valence-corrected chi connectivity index (χ3v) is 5.36. The van der Waals surface area contributed by atoms with E-state index < -0.39 is 11.8 Å². The third kappa shape index (κ3) is 4.56. The van der Waals surface area contributed by atoms with Crippen molar-refractivity contribution in [1.82, 2.24) is 15.1 Å². The highest BCUT2D eigenvalue weighted by Crippen LogP contribution is 2.32. The second-order valence-corrected chi connectivity index (χ2v) is 7.27. The van der Waals surface area contributed by atoms with Gasteiger partial charge in [-0.1, -0.05) is 6.07 Å². The lowest BCUT2D eigenvalue weighted by atomic mass is 10.1. The Morgan fingerprint density at radius 1 is 1.29 bits per heavy atom. The average molecular weight is 391 g/mol. The Morgan fingerprint density at radius 2 is 2.07 bits per heavy atom. The van der Waals surface area contributed by atoms with E-state index in [0.717, 1.165) is 25.1 Å². The minimum Gasteiger partial charge on any atom is -0.493 e. The molecule has 0 aromatic heterocycles. The van der Waals surface area contributed by atoms with Gasteiger partial charge in [0.2, 0.25) is 0 Å². The van der Waals surface area contributed by atoms with E-state index in [1.807, 2.05) is 18.2 Å². The number of morpholine rings is 1. The number of hydrogen-bond acceptors (Lipinski definition) is 6. The van der Waals surface area contributed by atoms with Gasteiger partial charge in [-0.3, -0.25) is 9.59 Å². The monoisotopic (exact) mass is 391 g/mol. The van der Waals surface area contributed by atoms with Crippen LogP contribution >= 0.6 is 0 Å². The highest BCUT2D eigenvalue weighted by Gasteiger charge is 2.32. The molecular formula is C20H29N3O5. The van der Waals surface area contributed by atoms with Gasteiger partial charge in [0.15, 0.2) is 11.5 Å². The van der Waals surface area contributed by atoms with Gasteiger partial charge in [0, 0.05) is 20.1 Å². The molecule has 2 amide bonds. The van der Waals surface area contributed by atoms with E-state index in [9.17, 15) is 9.59 Å². The molecule has 2 saturated heterocycles. The number of benzene rings is 1. The maximum absolute atomic E-state index is 12.7. The maximum atomic E-state index is 12.7. The number of likely N-dealkylation sites (N-methyl/N-ethyl adjacent to an activating group) is 1. The van der Waals surface area contributed by atoms with E-state index in [1.165, 1.54) is 0 Å². The van der Waals surface area contributed by atoms with Crippen LogP contribution in [-0.2, 0) is 14.3 Å². The molecule has 2 heterocycles. The van der Waals surface area contributed by atoms with Gasteiger partial charge in [-0.05, 0) is 43.1 Å². The number of amides is 2. The third-order valence-electron chi connectivity index (χ3n) is 5.36. The summed E-state index contributed by atoms with van der Waals surface area (Å²) in [6.45, 7) is 3.59. The van der Waals surface area contributed by atoms with Crippen LogP contribution in [0.15, 0.2) is 18.2 Å². The number of nitrogens with zero attached hydrogens (tertiary/aromatic N) is 2. The van der Waals surface area contributed by atoms with E-state index in [0.29, 0.717) is 43.7 Å². The van der Waals surface area contributed by atoms with Gasteiger partial charge in [-0.2, -0.15) is 0 Å². The first-order valence-corrected chi connectivity index (χ1v) is 9.62. The number of hydrogen-bond donors (Lipinski definition) is 1. The summed E-state index contributed by atoms with van der Waals surface area (Å²) < 4.78 is 16.5. The number of methoxy groups -OCH3 is 2. The molecule has 2 fully saturated rings. The molecule has 3 rings (SSSR count). The summed E-state index contributed by atoms with van der Waals surface area (Å²) in [6.07, 6.45) is 0.722. The van der Waals surface area contributed by atoms with Gasteiger partial charge in [0.25, 0.3) is 0 Å². The minimum atomic E-state index is -0.470. The second-order valence-electron chi connectivity index (χ2n) is 7.27. The normalized spacial score (nSPS) is 22.0. The summed E-state index contributed by atoms with van der Waals surface area (Å²) in [5, 5.41) is 3.28. The first-order valence-electron chi connectivity index (χ1n) is 9.62. The number of carbonyl (C=O) groups excluding carboxylic acids is 2. The van der Waals surface area contributed by atoms with Crippen LogP contribution in [-0.4, -0.2) is 82.2 Å². The van der Waals surface area contributed by atoms with Gasteiger partial charge in [-0.25, -0.2) is 0 Å². The summed E-state index contributed by atoms with van der Waals surface area (Å²) >= 11 is 0. The van der Waals surface area contributed by atoms with Crippen molar-refractivity contribution in [1.29, 1.82) is 0 Å². The predicted molar refractivity (Wildman–Crippen MR) is 103 cm³/mol. The molecule has 2 aliphatic rings. The molecule has 2 atom stereocenters. The first kappa shape index (κ1) is 20.4. The van der Waals surface area contributed by atoms with Crippen LogP contribution in [0.4, 0.5) is 0 Å². The lowest BCUT2D eigenvalue weighted by Crippen LogP contribution is -2.49. The van der Waals surface area contributed by atoms with Crippen molar-refractivity contribution < 1.29 is 23.8 Å². The molecule has 2 unspecified atom stereocenters. The summed E-state index contributed by atoms with van der Waals surface area (Å²) in [5.74, 6) is 0.717. The molecule has 0 bridgehead atoms. The van der Waals surface area contributed by atoms with Crippen molar-refractivity contribution in [3.63, 3.8) is 0 Å². The lowest BCUT2D eigenvalue weighted by molar-refractivity contribution is -0.155. The van der Waals surface area contributed by atoms with E-state index >= 15 is 0 Å². The Labute approximate surface area is 165 Å². The molecule has 1 aromatic carbocycles. The fourth-order valence-corrected chi connectivity index (χ4v) is 3.73. The zero-order chi connectivity index (χ0) is 20.1. The molecule has 0 saturated carbocycles. The van der Waals surface area contributed by atoms with Crippen LogP contribution in [0.3, 0.4) is 0 Å². The van der Waals surface area contributed by atoms with Crippen molar-refractivity contribution in [2.45, 2.75) is 12.5 Å². The average Bonchev–Trinajstić information content (AvgIpc) is 3.25. The highest BCUT2D eigenvalue weighted by atomic mass is 16.5. The fraction of sp³-hybridized carbons (Fsp3) is 0.600. The predicted octanol–water partition coefficient (Wildman–Crippen LogP) is 0.672. The van der Waals surface area contributed by atoms with Crippen molar-refractivity contribution in [3.8, 4) is 11.5 Å². The smallest absolute Gasteiger partial charge is 0.312 e. The van der Waals surface area contributed by atoms with E-state index in [-0.39, 0.29) is 6.10 Å². The summed E-state index contributed by atoms with van der Waals surface area (Å²) in [7, 11) is 4.86. The SMILES string of the molecule is COc1ccc(C2CN(C(=O)C(=O)N(C)CC3CCNC3)CCO2)cc1OC. The Morgan fingerprint density at radius 3 is 2.75 bits per heavy atom. The van der Waals surface area contributed by atoms with Gasteiger partial charge in [0.05, 0.1) is 27.4 Å². The maximum Gasteiger partial charge on any atom is 0.312 e. The molecule has 0 aliphatic carbocycles. The number of rotatable bonds is 5. The standard InChI is InChI=1S/C20H29N3O5/c1-22(12-14-6-7-21-11-14)19(24)20(25)23-8-9-28-18(13-23)15-4-5-16(26-2)17(10-15)27-3/h4-5,10,14,18,21H,6-9,11-13H2,1-3H3. The molecule has 0 radical (unpaired) electrons. The Kier molecular flexibility index (Phi) is 6.74. The molecule has 8 heteroatoms. The number of carbonyl (C=O) groups is 2. The van der Waals surface area contributed by atoms with Gasteiger partial charge >= 0.3 is 11.8 Å². The quantitative estimate of drug-likeness (QED) is 0.744. The van der Waals surface area contributed by atoms with E-state index in [2.05, 4.69) is 5.32 Å². The number of ether oxygens (including phenoxy) is 3. The molecular weight excluding hydrogens is 362 g/mol. The molecule has 1 N–H and O–H groups in total. The number of nitrogens with one attached hydrogen (secondary N) is 1. The van der Waals surface area contributed by atoms with Crippen molar-refractivity contribution in [2.75, 3.05) is 60.6 Å². The second kappa shape index (κ2) is 9.25. The van der Waals surface area contributed by atoms with E-state index in [4.69, 9.17) is 14.2 Å². The lowest BCUT2D eigenvalue weighted by Gasteiger charge is -2.34. The van der Waals surface area contributed by atoms with Crippen LogP contribution in [0, 0.1) is 5.92 Å². The Hall–Kier alpha value is -2.32.